The van der Waals surface area contributed by atoms with Crippen molar-refractivity contribution in [2.45, 2.75) is 13.3 Å². The van der Waals surface area contributed by atoms with Crippen molar-refractivity contribution >= 4 is 27.7 Å². The summed E-state index contributed by atoms with van der Waals surface area (Å²) >= 11 is 0. The highest BCUT2D eigenvalue weighted by Gasteiger charge is 2.31. The summed E-state index contributed by atoms with van der Waals surface area (Å²) in [6, 6.07) is 12.4. The Morgan fingerprint density at radius 3 is 2.31 bits per heavy atom. The minimum atomic E-state index is -3.59. The molecule has 1 atom stereocenters. The topological polar surface area (TPSA) is 110 Å². The molecule has 0 aromatic heterocycles. The number of carboxylic acid groups (broad SMARTS) is 1. The van der Waals surface area contributed by atoms with Crippen LogP contribution < -0.4 is 13.8 Å². The summed E-state index contributed by atoms with van der Waals surface area (Å²) in [6.07, 6.45) is 0.329. The minimum Gasteiger partial charge on any atom is -0.493 e. The molecule has 0 aliphatic carbocycles. The molecule has 1 unspecified atom stereocenters. The summed E-state index contributed by atoms with van der Waals surface area (Å²) in [7, 11) is -3.59. The maximum Gasteiger partial charge on any atom is 0.335 e. The van der Waals surface area contributed by atoms with E-state index in [1.54, 1.807) is 29.2 Å². The van der Waals surface area contributed by atoms with Gasteiger partial charge in [0, 0.05) is 24.6 Å². The summed E-state index contributed by atoms with van der Waals surface area (Å²) in [5.41, 5.74) is 0.836. The van der Waals surface area contributed by atoms with Crippen molar-refractivity contribution in [2.24, 2.45) is 5.92 Å². The van der Waals surface area contributed by atoms with E-state index >= 15 is 0 Å². The van der Waals surface area contributed by atoms with Crippen LogP contribution in [0.5, 0.6) is 11.5 Å². The number of amides is 1. The van der Waals surface area contributed by atoms with Crippen LogP contribution in [0.4, 0.5) is 5.69 Å². The number of hydrogen-bond acceptors (Lipinski definition) is 6. The second-order valence-electron chi connectivity index (χ2n) is 6.64. The van der Waals surface area contributed by atoms with Gasteiger partial charge < -0.3 is 18.9 Å². The Morgan fingerprint density at radius 1 is 1.10 bits per heavy atom. The lowest BCUT2D eigenvalue weighted by molar-refractivity contribution is -0.117. The van der Waals surface area contributed by atoms with Crippen LogP contribution in [0.3, 0.4) is 0 Å². The molecule has 1 aliphatic rings. The fourth-order valence-corrected chi connectivity index (χ4v) is 3.46. The van der Waals surface area contributed by atoms with Crippen molar-refractivity contribution in [3.63, 3.8) is 0 Å². The fourth-order valence-electron chi connectivity index (χ4n) is 2.94. The van der Waals surface area contributed by atoms with Crippen molar-refractivity contribution in [2.75, 3.05) is 23.8 Å². The Labute approximate surface area is 168 Å². The normalized spacial score (nSPS) is 16.7. The molecule has 29 heavy (non-hydrogen) atoms. The molecule has 1 amide bonds. The maximum atomic E-state index is 12.4. The van der Waals surface area contributed by atoms with E-state index in [1.165, 1.54) is 31.2 Å². The van der Waals surface area contributed by atoms with Gasteiger partial charge in [0.1, 0.15) is 11.5 Å². The molecule has 0 spiro atoms. The number of nitrogens with zero attached hydrogens (tertiary/aromatic N) is 1. The van der Waals surface area contributed by atoms with Gasteiger partial charge in [-0.2, -0.15) is 8.42 Å². The molecule has 8 nitrogen and oxygen atoms in total. The summed E-state index contributed by atoms with van der Waals surface area (Å²) in [4.78, 5) is 24.8. The van der Waals surface area contributed by atoms with E-state index in [9.17, 15) is 18.0 Å². The molecule has 0 saturated carbocycles. The quantitative estimate of drug-likeness (QED) is 0.655. The third kappa shape index (κ3) is 5.26. The molecular weight excluding hydrogens is 398 g/mol. The van der Waals surface area contributed by atoms with Gasteiger partial charge in [-0.3, -0.25) is 4.79 Å². The number of carboxylic acids is 1. The lowest BCUT2D eigenvalue weighted by Crippen LogP contribution is -2.25. The van der Waals surface area contributed by atoms with Gasteiger partial charge in [0.05, 0.1) is 17.9 Å². The van der Waals surface area contributed by atoms with Crippen LogP contribution in [0.25, 0.3) is 0 Å². The van der Waals surface area contributed by atoms with Gasteiger partial charge in [0.15, 0.2) is 0 Å². The SMILES string of the molecule is CCS(=O)(=O)Oc1ccc(N2CC(COc3ccc(C(=O)O)cc3)CC2=O)cc1. The second kappa shape index (κ2) is 8.52. The van der Waals surface area contributed by atoms with E-state index in [1.807, 2.05) is 0 Å². The molecule has 2 aromatic carbocycles. The molecule has 9 heteroatoms. The Morgan fingerprint density at radius 2 is 1.72 bits per heavy atom. The number of carbonyl (C=O) groups is 2. The van der Waals surface area contributed by atoms with Crippen molar-refractivity contribution in [3.05, 3.63) is 54.1 Å². The predicted molar refractivity (Wildman–Crippen MR) is 106 cm³/mol. The van der Waals surface area contributed by atoms with Crippen molar-refractivity contribution in [3.8, 4) is 11.5 Å². The van der Waals surface area contributed by atoms with E-state index in [-0.39, 0.29) is 28.9 Å². The van der Waals surface area contributed by atoms with Crippen molar-refractivity contribution in [1.29, 1.82) is 0 Å². The number of carbonyl (C=O) groups excluding carboxylic acids is 1. The molecule has 1 fully saturated rings. The van der Waals surface area contributed by atoms with Crippen LogP contribution in [0.1, 0.15) is 23.7 Å². The Hall–Kier alpha value is -3.07. The van der Waals surface area contributed by atoms with Crippen LogP contribution in [-0.4, -0.2) is 44.3 Å². The van der Waals surface area contributed by atoms with Gasteiger partial charge in [-0.25, -0.2) is 4.79 Å². The molecule has 1 saturated heterocycles. The second-order valence-corrected chi connectivity index (χ2v) is 8.50. The highest BCUT2D eigenvalue weighted by molar-refractivity contribution is 7.87. The van der Waals surface area contributed by atoms with E-state index in [4.69, 9.17) is 14.0 Å². The Balaban J connectivity index is 1.57. The highest BCUT2D eigenvalue weighted by Crippen LogP contribution is 2.28. The zero-order valence-corrected chi connectivity index (χ0v) is 16.6. The number of hydrogen-bond donors (Lipinski definition) is 1. The van der Waals surface area contributed by atoms with Crippen LogP contribution in [0.15, 0.2) is 48.5 Å². The summed E-state index contributed by atoms with van der Waals surface area (Å²) in [5, 5.41) is 8.91. The van der Waals surface area contributed by atoms with Gasteiger partial charge in [-0.15, -0.1) is 0 Å². The zero-order chi connectivity index (χ0) is 21.0. The van der Waals surface area contributed by atoms with Crippen LogP contribution in [-0.2, 0) is 14.9 Å². The van der Waals surface area contributed by atoms with Crippen molar-refractivity contribution in [1.82, 2.24) is 0 Å². The standard InChI is InChI=1S/C20H21NO7S/c1-2-29(25,26)28-18-9-5-16(6-10-18)21-12-14(11-19(21)22)13-27-17-7-3-15(4-8-17)20(23)24/h3-10,14H,2,11-13H2,1H3,(H,23,24). The first-order valence-electron chi connectivity index (χ1n) is 9.06. The predicted octanol–water partition coefficient (Wildman–Crippen LogP) is 2.55. The van der Waals surface area contributed by atoms with Crippen LogP contribution in [0, 0.1) is 5.92 Å². The van der Waals surface area contributed by atoms with E-state index < -0.39 is 16.1 Å². The third-order valence-electron chi connectivity index (χ3n) is 4.52. The molecular formula is C20H21NO7S. The first-order valence-corrected chi connectivity index (χ1v) is 10.6. The van der Waals surface area contributed by atoms with Crippen LogP contribution in [0.2, 0.25) is 0 Å². The maximum absolute atomic E-state index is 12.4. The highest BCUT2D eigenvalue weighted by atomic mass is 32.2. The lowest BCUT2D eigenvalue weighted by atomic mass is 10.1. The molecule has 1 N–H and O–H groups in total. The number of aromatic carboxylic acids is 1. The first-order chi connectivity index (χ1) is 13.8. The average Bonchev–Trinajstić information content (AvgIpc) is 3.07. The van der Waals surface area contributed by atoms with E-state index in [2.05, 4.69) is 0 Å². The minimum absolute atomic E-state index is 0.0157. The summed E-state index contributed by atoms with van der Waals surface area (Å²) in [6.45, 7) is 2.29. The molecule has 2 aromatic rings. The van der Waals surface area contributed by atoms with Gasteiger partial charge in [0.2, 0.25) is 5.91 Å². The average molecular weight is 419 g/mol. The lowest BCUT2D eigenvalue weighted by Gasteiger charge is -2.17. The molecule has 154 valence electrons. The third-order valence-corrected chi connectivity index (χ3v) is 5.67. The summed E-state index contributed by atoms with van der Waals surface area (Å²) < 4.78 is 33.7. The zero-order valence-electron chi connectivity index (χ0n) is 15.8. The Bertz CT molecular complexity index is 984. The number of anilines is 1. The Kier molecular flexibility index (Phi) is 6.07. The number of rotatable bonds is 8. The monoisotopic (exact) mass is 419 g/mol. The number of benzene rings is 2. The fraction of sp³-hybridized carbons (Fsp3) is 0.300. The van der Waals surface area contributed by atoms with E-state index in [0.717, 1.165) is 0 Å². The van der Waals surface area contributed by atoms with Crippen LogP contribution >= 0.6 is 0 Å². The molecule has 1 aliphatic heterocycles. The van der Waals surface area contributed by atoms with E-state index in [0.29, 0.717) is 31.0 Å². The van der Waals surface area contributed by atoms with Gasteiger partial charge in [-0.05, 0) is 55.5 Å². The molecule has 0 radical (unpaired) electrons. The molecule has 1 heterocycles. The first kappa shape index (κ1) is 20.7. The smallest absolute Gasteiger partial charge is 0.335 e. The van der Waals surface area contributed by atoms with Gasteiger partial charge >= 0.3 is 16.1 Å². The summed E-state index contributed by atoms with van der Waals surface area (Å²) in [5.74, 6) is -0.448. The van der Waals surface area contributed by atoms with Crippen molar-refractivity contribution < 1.29 is 32.0 Å². The largest absolute Gasteiger partial charge is 0.493 e. The van der Waals surface area contributed by atoms with Gasteiger partial charge in [-0.1, -0.05) is 0 Å². The molecule has 3 rings (SSSR count). The number of ether oxygens (including phenoxy) is 1. The van der Waals surface area contributed by atoms with Gasteiger partial charge in [0.25, 0.3) is 0 Å². The molecule has 0 bridgehead atoms.